The second-order valence-corrected chi connectivity index (χ2v) is 5.91. The number of nitrogens with zero attached hydrogens (tertiary/aromatic N) is 3. The summed E-state index contributed by atoms with van der Waals surface area (Å²) in [5.41, 5.74) is 5.08. The first kappa shape index (κ1) is 16.6. The summed E-state index contributed by atoms with van der Waals surface area (Å²) < 4.78 is 1.64. The molecular weight excluding hydrogens is 318 g/mol. The van der Waals surface area contributed by atoms with Crippen molar-refractivity contribution < 1.29 is 9.59 Å². The smallest absolute Gasteiger partial charge is 0.217 e. The molecule has 3 aromatic rings. The van der Waals surface area contributed by atoms with Crippen LogP contribution in [0, 0.1) is 13.8 Å². The molecule has 3 rings (SSSR count). The van der Waals surface area contributed by atoms with Crippen LogP contribution in [0.2, 0.25) is 0 Å². The number of aryl methyl sites for hydroxylation is 2. The van der Waals surface area contributed by atoms with Crippen molar-refractivity contribution in [1.82, 2.24) is 19.9 Å². The van der Waals surface area contributed by atoms with Crippen LogP contribution in [-0.4, -0.2) is 26.8 Å². The van der Waals surface area contributed by atoms with Crippen LogP contribution < -0.4 is 10.6 Å². The van der Waals surface area contributed by atoms with E-state index in [2.05, 4.69) is 20.7 Å². The summed E-state index contributed by atoms with van der Waals surface area (Å²) >= 11 is 0. The Bertz CT molecular complexity index is 961. The van der Waals surface area contributed by atoms with E-state index in [-0.39, 0.29) is 5.91 Å². The number of benzene rings is 1. The zero-order valence-electron chi connectivity index (χ0n) is 14.3. The Hall–Kier alpha value is -3.22. The molecule has 2 N–H and O–H groups in total. The second-order valence-electron chi connectivity index (χ2n) is 5.91. The van der Waals surface area contributed by atoms with Gasteiger partial charge >= 0.3 is 0 Å². The van der Waals surface area contributed by atoms with Crippen LogP contribution >= 0.6 is 0 Å². The van der Waals surface area contributed by atoms with Gasteiger partial charge in [-0.2, -0.15) is 5.10 Å². The summed E-state index contributed by atoms with van der Waals surface area (Å²) in [5.74, 6) is 0.554. The second kappa shape index (κ2) is 6.72. The Morgan fingerprint density at radius 2 is 2.12 bits per heavy atom. The molecular formula is C18H19N5O2. The molecule has 0 saturated carbocycles. The van der Waals surface area contributed by atoms with E-state index in [4.69, 9.17) is 0 Å². The van der Waals surface area contributed by atoms with Gasteiger partial charge in [0.15, 0.2) is 12.1 Å². The van der Waals surface area contributed by atoms with E-state index in [1.165, 1.54) is 13.3 Å². The van der Waals surface area contributed by atoms with E-state index >= 15 is 0 Å². The Labute approximate surface area is 145 Å². The van der Waals surface area contributed by atoms with Crippen molar-refractivity contribution in [1.29, 1.82) is 0 Å². The highest BCUT2D eigenvalue weighted by atomic mass is 16.1. The zero-order valence-corrected chi connectivity index (χ0v) is 14.3. The Morgan fingerprint density at radius 1 is 1.32 bits per heavy atom. The van der Waals surface area contributed by atoms with Crippen LogP contribution in [0.3, 0.4) is 0 Å². The molecule has 0 radical (unpaired) electrons. The zero-order chi connectivity index (χ0) is 18.0. The predicted octanol–water partition coefficient (Wildman–Crippen LogP) is 2.54. The SMILES string of the molecule is CC(=O)NCc1ccc(C)c(Nc2ncnn3cc(C=O)c(C)c23)c1. The standard InChI is InChI=1S/C18H19N5O2/c1-11-4-5-14(7-19-13(3)25)6-16(11)22-18-17-12(2)15(9-24)8-23(17)21-10-20-18/h4-6,8-10H,7H2,1-3H3,(H,19,25)(H,20,21,22). The molecule has 25 heavy (non-hydrogen) atoms. The molecule has 2 aromatic heterocycles. The minimum absolute atomic E-state index is 0.0715. The van der Waals surface area contributed by atoms with Gasteiger partial charge in [0.25, 0.3) is 0 Å². The Morgan fingerprint density at radius 3 is 2.84 bits per heavy atom. The van der Waals surface area contributed by atoms with Gasteiger partial charge in [-0.15, -0.1) is 0 Å². The fourth-order valence-electron chi connectivity index (χ4n) is 2.66. The normalized spacial score (nSPS) is 10.7. The summed E-state index contributed by atoms with van der Waals surface area (Å²) in [5, 5.41) is 10.3. The maximum Gasteiger partial charge on any atom is 0.217 e. The van der Waals surface area contributed by atoms with Crippen molar-refractivity contribution in [2.24, 2.45) is 0 Å². The molecule has 128 valence electrons. The summed E-state index contributed by atoms with van der Waals surface area (Å²) in [6, 6.07) is 5.93. The average Bonchev–Trinajstić information content (AvgIpc) is 2.92. The van der Waals surface area contributed by atoms with Gasteiger partial charge in [-0.1, -0.05) is 12.1 Å². The molecule has 0 bridgehead atoms. The molecule has 7 nitrogen and oxygen atoms in total. The van der Waals surface area contributed by atoms with E-state index in [0.717, 1.165) is 34.2 Å². The number of rotatable bonds is 5. The lowest BCUT2D eigenvalue weighted by molar-refractivity contribution is -0.119. The van der Waals surface area contributed by atoms with Crippen LogP contribution in [-0.2, 0) is 11.3 Å². The maximum absolute atomic E-state index is 11.2. The van der Waals surface area contributed by atoms with Gasteiger partial charge in [0.05, 0.1) is 0 Å². The van der Waals surface area contributed by atoms with Crippen molar-refractivity contribution in [3.8, 4) is 0 Å². The van der Waals surface area contributed by atoms with E-state index in [1.807, 2.05) is 32.0 Å². The molecule has 0 aliphatic rings. The molecule has 0 saturated heterocycles. The summed E-state index contributed by atoms with van der Waals surface area (Å²) in [7, 11) is 0. The van der Waals surface area contributed by atoms with E-state index in [9.17, 15) is 9.59 Å². The molecule has 0 aliphatic heterocycles. The fraction of sp³-hybridized carbons (Fsp3) is 0.222. The molecule has 0 fully saturated rings. The van der Waals surface area contributed by atoms with Gasteiger partial charge < -0.3 is 10.6 Å². The largest absolute Gasteiger partial charge is 0.352 e. The van der Waals surface area contributed by atoms with Crippen LogP contribution in [0.15, 0.2) is 30.7 Å². The van der Waals surface area contributed by atoms with Gasteiger partial charge in [-0.3, -0.25) is 9.59 Å². The molecule has 7 heteroatoms. The van der Waals surface area contributed by atoms with E-state index in [1.54, 1.807) is 10.7 Å². The number of carbonyl (C=O) groups is 2. The number of nitrogens with one attached hydrogen (secondary N) is 2. The topological polar surface area (TPSA) is 88.4 Å². The van der Waals surface area contributed by atoms with Crippen molar-refractivity contribution >= 4 is 29.2 Å². The number of carbonyl (C=O) groups excluding carboxylic acids is 2. The molecule has 1 aromatic carbocycles. The summed E-state index contributed by atoms with van der Waals surface area (Å²) in [4.78, 5) is 26.6. The van der Waals surface area contributed by atoms with Gasteiger partial charge in [-0.05, 0) is 36.6 Å². The lowest BCUT2D eigenvalue weighted by atomic mass is 10.1. The van der Waals surface area contributed by atoms with Gasteiger partial charge in [0, 0.05) is 30.9 Å². The molecule has 2 heterocycles. The first-order chi connectivity index (χ1) is 12.0. The van der Waals surface area contributed by atoms with Crippen molar-refractivity contribution in [3.63, 3.8) is 0 Å². The first-order valence-electron chi connectivity index (χ1n) is 7.88. The van der Waals surface area contributed by atoms with Gasteiger partial charge in [0.1, 0.15) is 11.8 Å². The van der Waals surface area contributed by atoms with Crippen LogP contribution in [0.4, 0.5) is 11.5 Å². The third kappa shape index (κ3) is 3.35. The van der Waals surface area contributed by atoms with Gasteiger partial charge in [0.2, 0.25) is 5.91 Å². The highest BCUT2D eigenvalue weighted by Crippen LogP contribution is 2.26. The number of hydrogen-bond donors (Lipinski definition) is 2. The highest BCUT2D eigenvalue weighted by Gasteiger charge is 2.13. The molecule has 0 unspecified atom stereocenters. The van der Waals surface area contributed by atoms with E-state index < -0.39 is 0 Å². The van der Waals surface area contributed by atoms with Crippen molar-refractivity contribution in [3.05, 3.63) is 53.0 Å². The predicted molar refractivity (Wildman–Crippen MR) is 95.1 cm³/mol. The quantitative estimate of drug-likeness (QED) is 0.699. The number of fused-ring (bicyclic) bond motifs is 1. The van der Waals surface area contributed by atoms with Crippen molar-refractivity contribution in [2.75, 3.05) is 5.32 Å². The van der Waals surface area contributed by atoms with Crippen LogP contribution in [0.1, 0.15) is 34.0 Å². The molecule has 1 amide bonds. The lowest BCUT2D eigenvalue weighted by Crippen LogP contribution is -2.18. The summed E-state index contributed by atoms with van der Waals surface area (Å²) in [6.45, 7) is 5.81. The number of amides is 1. The lowest BCUT2D eigenvalue weighted by Gasteiger charge is -2.12. The molecule has 0 atom stereocenters. The number of aldehydes is 1. The minimum Gasteiger partial charge on any atom is -0.352 e. The summed E-state index contributed by atoms with van der Waals surface area (Å²) in [6.07, 6.45) is 3.94. The highest BCUT2D eigenvalue weighted by molar-refractivity contribution is 5.87. The van der Waals surface area contributed by atoms with Crippen LogP contribution in [0.5, 0.6) is 0 Å². The molecule has 0 aliphatic carbocycles. The maximum atomic E-state index is 11.2. The number of hydrogen-bond acceptors (Lipinski definition) is 5. The third-order valence-corrected chi connectivity index (χ3v) is 4.09. The number of aromatic nitrogens is 3. The minimum atomic E-state index is -0.0715. The fourth-order valence-corrected chi connectivity index (χ4v) is 2.66. The monoisotopic (exact) mass is 337 g/mol. The third-order valence-electron chi connectivity index (χ3n) is 4.09. The first-order valence-corrected chi connectivity index (χ1v) is 7.88. The average molecular weight is 337 g/mol. The van der Waals surface area contributed by atoms with Gasteiger partial charge in [-0.25, -0.2) is 9.50 Å². The Balaban J connectivity index is 1.98. The van der Waals surface area contributed by atoms with E-state index in [0.29, 0.717) is 17.9 Å². The molecule has 0 spiro atoms. The number of anilines is 2. The van der Waals surface area contributed by atoms with Crippen molar-refractivity contribution in [2.45, 2.75) is 27.3 Å². The van der Waals surface area contributed by atoms with Crippen LogP contribution in [0.25, 0.3) is 5.52 Å². The Kier molecular flexibility index (Phi) is 4.47.